The highest BCUT2D eigenvalue weighted by atomic mass is 16.6. The molecule has 130 valence electrons. The molecule has 2 atom stereocenters. The maximum atomic E-state index is 12.0. The van der Waals surface area contributed by atoms with Crippen molar-refractivity contribution in [2.24, 2.45) is 0 Å². The number of carbonyl (C=O) groups is 3. The summed E-state index contributed by atoms with van der Waals surface area (Å²) in [7, 11) is 0. The topological polar surface area (TPSA) is 139 Å². The highest BCUT2D eigenvalue weighted by Gasteiger charge is 2.19. The maximum Gasteiger partial charge on any atom is 0.303 e. The summed E-state index contributed by atoms with van der Waals surface area (Å²) in [5.41, 5.74) is -0.148. The molecule has 0 aliphatic carbocycles. The molecular formula is C15H19N3O6. The normalized spacial score (nSPS) is 12.8. The number of non-ortho nitro benzene ring substituents is 1. The van der Waals surface area contributed by atoms with E-state index in [1.165, 1.54) is 25.1 Å². The first kappa shape index (κ1) is 19.1. The number of amides is 2. The maximum absolute atomic E-state index is 12.0. The number of nitro groups is 1. The Hall–Kier alpha value is -2.97. The average Bonchev–Trinajstić information content (AvgIpc) is 2.52. The molecule has 0 radical (unpaired) electrons. The van der Waals surface area contributed by atoms with Crippen molar-refractivity contribution in [1.29, 1.82) is 0 Å². The summed E-state index contributed by atoms with van der Waals surface area (Å²) in [4.78, 5) is 44.6. The van der Waals surface area contributed by atoms with Crippen LogP contribution in [-0.2, 0) is 9.59 Å². The summed E-state index contributed by atoms with van der Waals surface area (Å²) >= 11 is 0. The first-order chi connectivity index (χ1) is 11.2. The minimum absolute atomic E-state index is 0.0720. The van der Waals surface area contributed by atoms with Crippen LogP contribution in [0, 0.1) is 10.1 Å². The highest BCUT2D eigenvalue weighted by molar-refractivity contribution is 5.97. The van der Waals surface area contributed by atoms with Gasteiger partial charge in [0.15, 0.2) is 0 Å². The molecule has 0 aromatic heterocycles. The minimum Gasteiger partial charge on any atom is -0.481 e. The SMILES string of the molecule is CC(CCC(=O)O)NC(=O)C(C)NC(=O)c1cccc([N+](=O)[O-])c1. The Morgan fingerprint density at radius 2 is 1.92 bits per heavy atom. The van der Waals surface area contributed by atoms with Crippen molar-refractivity contribution in [2.75, 3.05) is 0 Å². The molecule has 2 unspecified atom stereocenters. The van der Waals surface area contributed by atoms with Gasteiger partial charge in [0.25, 0.3) is 11.6 Å². The van der Waals surface area contributed by atoms with E-state index in [1.807, 2.05) is 0 Å². The molecule has 24 heavy (non-hydrogen) atoms. The smallest absolute Gasteiger partial charge is 0.303 e. The number of benzene rings is 1. The minimum atomic E-state index is -0.955. The van der Waals surface area contributed by atoms with Gasteiger partial charge in [-0.3, -0.25) is 24.5 Å². The quantitative estimate of drug-likeness (QED) is 0.479. The number of hydrogen-bond donors (Lipinski definition) is 3. The molecule has 3 N–H and O–H groups in total. The molecule has 0 fully saturated rings. The van der Waals surface area contributed by atoms with E-state index in [-0.39, 0.29) is 30.1 Å². The van der Waals surface area contributed by atoms with Crippen molar-refractivity contribution in [3.63, 3.8) is 0 Å². The molecule has 1 aromatic carbocycles. The van der Waals surface area contributed by atoms with E-state index in [9.17, 15) is 24.5 Å². The molecule has 0 aliphatic heterocycles. The Kier molecular flexibility index (Phi) is 6.84. The van der Waals surface area contributed by atoms with Crippen molar-refractivity contribution in [3.8, 4) is 0 Å². The van der Waals surface area contributed by atoms with Gasteiger partial charge in [-0.15, -0.1) is 0 Å². The van der Waals surface area contributed by atoms with Gasteiger partial charge in [-0.25, -0.2) is 0 Å². The standard InChI is InChI=1S/C15H19N3O6/c1-9(6-7-13(19)20)16-14(21)10(2)17-15(22)11-4-3-5-12(8-11)18(23)24/h3-5,8-10H,6-7H2,1-2H3,(H,16,21)(H,17,22)(H,19,20). The van der Waals surface area contributed by atoms with Crippen LogP contribution in [0.1, 0.15) is 37.0 Å². The Bertz CT molecular complexity index is 646. The average molecular weight is 337 g/mol. The van der Waals surface area contributed by atoms with Gasteiger partial charge in [0.05, 0.1) is 4.92 Å². The van der Waals surface area contributed by atoms with E-state index in [1.54, 1.807) is 6.92 Å². The molecule has 0 saturated carbocycles. The number of carboxylic acid groups (broad SMARTS) is 1. The zero-order valence-electron chi connectivity index (χ0n) is 13.3. The molecule has 0 heterocycles. The number of rotatable bonds is 8. The van der Waals surface area contributed by atoms with E-state index >= 15 is 0 Å². The molecule has 0 bridgehead atoms. The van der Waals surface area contributed by atoms with E-state index in [2.05, 4.69) is 10.6 Å². The Morgan fingerprint density at radius 3 is 2.50 bits per heavy atom. The molecule has 0 aliphatic rings. The van der Waals surface area contributed by atoms with Crippen molar-refractivity contribution < 1.29 is 24.4 Å². The van der Waals surface area contributed by atoms with Gasteiger partial charge >= 0.3 is 5.97 Å². The van der Waals surface area contributed by atoms with Crippen LogP contribution in [0.4, 0.5) is 5.69 Å². The van der Waals surface area contributed by atoms with Crippen molar-refractivity contribution >= 4 is 23.5 Å². The Balaban J connectivity index is 2.59. The summed E-state index contributed by atoms with van der Waals surface area (Å²) in [6.45, 7) is 3.13. The Labute approximate surface area is 138 Å². The van der Waals surface area contributed by atoms with Crippen molar-refractivity contribution in [1.82, 2.24) is 10.6 Å². The van der Waals surface area contributed by atoms with Gasteiger partial charge in [-0.1, -0.05) is 6.07 Å². The second-order valence-corrected chi connectivity index (χ2v) is 5.34. The molecule has 0 spiro atoms. The van der Waals surface area contributed by atoms with Crippen molar-refractivity contribution in [3.05, 3.63) is 39.9 Å². The number of aliphatic carboxylic acids is 1. The predicted octanol–water partition coefficient (Wildman–Crippen LogP) is 1.08. The number of hydrogen-bond acceptors (Lipinski definition) is 5. The second kappa shape index (κ2) is 8.61. The van der Waals surface area contributed by atoms with Crippen LogP contribution in [-0.4, -0.2) is 39.9 Å². The summed E-state index contributed by atoms with van der Waals surface area (Å²) in [5, 5.41) is 24.3. The molecule has 2 amide bonds. The van der Waals surface area contributed by atoms with E-state index < -0.39 is 28.7 Å². The van der Waals surface area contributed by atoms with Crippen LogP contribution < -0.4 is 10.6 Å². The fourth-order valence-electron chi connectivity index (χ4n) is 1.89. The van der Waals surface area contributed by atoms with Gasteiger partial charge in [0.1, 0.15) is 6.04 Å². The molecule has 1 aromatic rings. The zero-order valence-corrected chi connectivity index (χ0v) is 13.3. The number of carbonyl (C=O) groups excluding carboxylic acids is 2. The molecule has 9 nitrogen and oxygen atoms in total. The third-order valence-electron chi connectivity index (χ3n) is 3.24. The largest absolute Gasteiger partial charge is 0.481 e. The van der Waals surface area contributed by atoms with Crippen LogP contribution in [0.25, 0.3) is 0 Å². The van der Waals surface area contributed by atoms with Gasteiger partial charge in [-0.05, 0) is 26.3 Å². The lowest BCUT2D eigenvalue weighted by atomic mass is 10.1. The third kappa shape index (κ3) is 6.03. The lowest BCUT2D eigenvalue weighted by molar-refractivity contribution is -0.384. The van der Waals surface area contributed by atoms with Crippen LogP contribution in [0.2, 0.25) is 0 Å². The number of nitrogens with one attached hydrogen (secondary N) is 2. The summed E-state index contributed by atoms with van der Waals surface area (Å²) < 4.78 is 0. The van der Waals surface area contributed by atoms with Gasteiger partial charge < -0.3 is 15.7 Å². The van der Waals surface area contributed by atoms with E-state index in [0.717, 1.165) is 6.07 Å². The van der Waals surface area contributed by atoms with Crippen LogP contribution in [0.15, 0.2) is 24.3 Å². The zero-order chi connectivity index (χ0) is 18.3. The summed E-state index contributed by atoms with van der Waals surface area (Å²) in [6.07, 6.45) is 0.197. The lowest BCUT2D eigenvalue weighted by Crippen LogP contribution is -2.47. The van der Waals surface area contributed by atoms with Gasteiger partial charge in [0.2, 0.25) is 5.91 Å². The van der Waals surface area contributed by atoms with Crippen LogP contribution in [0.3, 0.4) is 0 Å². The Morgan fingerprint density at radius 1 is 1.25 bits per heavy atom. The lowest BCUT2D eigenvalue weighted by Gasteiger charge is -2.18. The van der Waals surface area contributed by atoms with Gasteiger partial charge in [0, 0.05) is 30.2 Å². The molecule has 1 rings (SSSR count). The fraction of sp³-hybridized carbons (Fsp3) is 0.400. The second-order valence-electron chi connectivity index (χ2n) is 5.34. The van der Waals surface area contributed by atoms with Crippen LogP contribution in [0.5, 0.6) is 0 Å². The highest BCUT2D eigenvalue weighted by Crippen LogP contribution is 2.13. The summed E-state index contributed by atoms with van der Waals surface area (Å²) in [5.74, 6) is -2.03. The summed E-state index contributed by atoms with van der Waals surface area (Å²) in [6, 6.07) is 3.94. The predicted molar refractivity (Wildman–Crippen MR) is 84.5 cm³/mol. The fourth-order valence-corrected chi connectivity index (χ4v) is 1.89. The first-order valence-electron chi connectivity index (χ1n) is 7.28. The van der Waals surface area contributed by atoms with Crippen molar-refractivity contribution in [2.45, 2.75) is 38.8 Å². The molecular weight excluding hydrogens is 318 g/mol. The van der Waals surface area contributed by atoms with Gasteiger partial charge in [-0.2, -0.15) is 0 Å². The number of nitro benzene ring substituents is 1. The van der Waals surface area contributed by atoms with E-state index in [4.69, 9.17) is 5.11 Å². The number of carboxylic acids is 1. The van der Waals surface area contributed by atoms with E-state index in [0.29, 0.717) is 0 Å². The monoisotopic (exact) mass is 337 g/mol. The van der Waals surface area contributed by atoms with Crippen LogP contribution >= 0.6 is 0 Å². The first-order valence-corrected chi connectivity index (χ1v) is 7.28. The number of nitrogens with zero attached hydrogens (tertiary/aromatic N) is 1. The molecule has 0 saturated heterocycles. The molecule has 9 heteroatoms. The third-order valence-corrected chi connectivity index (χ3v) is 3.24.